The molecule has 4 aliphatic rings. The number of hydrogen-bond acceptors (Lipinski definition) is 4. The molecule has 2 amide bonds. The molecule has 2 aliphatic carbocycles. The number of amides is 2. The second-order valence-corrected chi connectivity index (χ2v) is 8.55. The number of ether oxygens (including phenoxy) is 1. The Hall–Kier alpha value is -1.30. The van der Waals surface area contributed by atoms with E-state index in [1.165, 1.54) is 6.42 Å². The van der Waals surface area contributed by atoms with Gasteiger partial charge in [0.25, 0.3) is 0 Å². The van der Waals surface area contributed by atoms with Crippen molar-refractivity contribution in [3.63, 3.8) is 0 Å². The fourth-order valence-corrected chi connectivity index (χ4v) is 5.90. The molecule has 2 saturated heterocycles. The van der Waals surface area contributed by atoms with Crippen LogP contribution in [0.1, 0.15) is 40.0 Å². The second-order valence-electron chi connectivity index (χ2n) is 8.55. The molecule has 0 aromatic carbocycles. The summed E-state index contributed by atoms with van der Waals surface area (Å²) in [5.41, 5.74) is 0. The Morgan fingerprint density at radius 3 is 2.23 bits per heavy atom. The van der Waals surface area contributed by atoms with Crippen LogP contribution < -0.4 is 0 Å². The summed E-state index contributed by atoms with van der Waals surface area (Å²) in [5, 5.41) is 0. The summed E-state index contributed by atoms with van der Waals surface area (Å²) in [6.07, 6.45) is 3.28. The third kappa shape index (κ3) is 3.00. The lowest BCUT2D eigenvalue weighted by atomic mass is 9.85. The summed E-state index contributed by atoms with van der Waals surface area (Å²) in [5.74, 6) is 2.42. The van der Waals surface area contributed by atoms with E-state index < -0.39 is 0 Å². The van der Waals surface area contributed by atoms with Crippen LogP contribution in [0.4, 0.5) is 4.79 Å². The summed E-state index contributed by atoms with van der Waals surface area (Å²) < 4.78 is 5.23. The SMILES string of the molecule is CCOC(=O)N1CC2CC(N3CC4C(C3)C4C(=O)N(CC)CC)CC1C2. The highest BCUT2D eigenvalue weighted by atomic mass is 16.6. The first-order valence-corrected chi connectivity index (χ1v) is 10.5. The fourth-order valence-electron chi connectivity index (χ4n) is 5.90. The van der Waals surface area contributed by atoms with E-state index in [4.69, 9.17) is 4.74 Å². The molecular formula is C20H33N3O3. The van der Waals surface area contributed by atoms with E-state index in [1.807, 2.05) is 16.7 Å². The van der Waals surface area contributed by atoms with E-state index in [0.29, 0.717) is 42.4 Å². The monoisotopic (exact) mass is 363 g/mol. The number of fused-ring (bicyclic) bond motifs is 3. The Morgan fingerprint density at radius 1 is 0.962 bits per heavy atom. The average Bonchev–Trinajstić information content (AvgIpc) is 2.97. The smallest absolute Gasteiger partial charge is 0.410 e. The molecule has 146 valence electrons. The first-order valence-electron chi connectivity index (χ1n) is 10.5. The molecule has 5 atom stereocenters. The molecule has 2 bridgehead atoms. The van der Waals surface area contributed by atoms with Crippen molar-refractivity contribution in [1.29, 1.82) is 0 Å². The lowest BCUT2D eigenvalue weighted by Crippen LogP contribution is -2.44. The number of piperidine rings is 1. The second kappa shape index (κ2) is 7.02. The molecule has 2 saturated carbocycles. The van der Waals surface area contributed by atoms with Gasteiger partial charge in [0.15, 0.2) is 0 Å². The number of rotatable bonds is 5. The van der Waals surface area contributed by atoms with Crippen LogP contribution in [0.2, 0.25) is 0 Å². The molecule has 0 N–H and O–H groups in total. The lowest BCUT2D eigenvalue weighted by molar-refractivity contribution is -0.133. The van der Waals surface area contributed by atoms with Crippen molar-refractivity contribution in [1.82, 2.24) is 14.7 Å². The largest absolute Gasteiger partial charge is 0.450 e. The summed E-state index contributed by atoms with van der Waals surface area (Å²) in [6.45, 7) is 11.1. The molecule has 2 aliphatic heterocycles. The number of likely N-dealkylation sites (tertiary alicyclic amines) is 2. The Labute approximate surface area is 156 Å². The number of carbonyl (C=O) groups is 2. The van der Waals surface area contributed by atoms with Crippen molar-refractivity contribution in [3.05, 3.63) is 0 Å². The van der Waals surface area contributed by atoms with E-state index >= 15 is 0 Å². The summed E-state index contributed by atoms with van der Waals surface area (Å²) >= 11 is 0. The van der Waals surface area contributed by atoms with Crippen LogP contribution in [0.5, 0.6) is 0 Å². The zero-order valence-corrected chi connectivity index (χ0v) is 16.4. The number of carbonyl (C=O) groups excluding carboxylic acids is 2. The maximum absolute atomic E-state index is 12.6. The van der Waals surface area contributed by atoms with Gasteiger partial charge >= 0.3 is 6.09 Å². The Morgan fingerprint density at radius 2 is 1.62 bits per heavy atom. The van der Waals surface area contributed by atoms with Crippen LogP contribution >= 0.6 is 0 Å². The minimum absolute atomic E-state index is 0.130. The fraction of sp³-hybridized carbons (Fsp3) is 0.900. The van der Waals surface area contributed by atoms with Gasteiger partial charge in [0.2, 0.25) is 5.91 Å². The standard InChI is InChI=1S/C20H33N3O3/c1-4-21(5-2)19(24)18-16-11-22(12-17(16)18)14-7-13-8-15(9-14)23(10-13)20(25)26-6-3/h13-18H,4-12H2,1-3H3. The maximum atomic E-state index is 12.6. The third-order valence-electron chi connectivity index (χ3n) is 7.25. The van der Waals surface area contributed by atoms with Gasteiger partial charge in [-0.1, -0.05) is 0 Å². The van der Waals surface area contributed by atoms with Gasteiger partial charge in [0.05, 0.1) is 6.61 Å². The molecule has 0 aromatic rings. The summed E-state index contributed by atoms with van der Waals surface area (Å²) in [4.78, 5) is 31.4. The summed E-state index contributed by atoms with van der Waals surface area (Å²) in [6, 6.07) is 0.929. The van der Waals surface area contributed by atoms with Crippen LogP contribution in [-0.4, -0.2) is 78.1 Å². The maximum Gasteiger partial charge on any atom is 0.410 e. The minimum Gasteiger partial charge on any atom is -0.450 e. The molecule has 0 spiro atoms. The van der Waals surface area contributed by atoms with E-state index in [9.17, 15) is 9.59 Å². The van der Waals surface area contributed by atoms with Crippen LogP contribution in [0.25, 0.3) is 0 Å². The highest BCUT2D eigenvalue weighted by molar-refractivity contribution is 5.82. The molecule has 6 heteroatoms. The Balaban J connectivity index is 1.31. The van der Waals surface area contributed by atoms with Gasteiger partial charge in [0.1, 0.15) is 0 Å². The molecule has 4 rings (SSSR count). The van der Waals surface area contributed by atoms with Crippen molar-refractivity contribution < 1.29 is 14.3 Å². The van der Waals surface area contributed by atoms with Gasteiger partial charge in [-0.05, 0) is 57.8 Å². The third-order valence-corrected chi connectivity index (χ3v) is 7.25. The quantitative estimate of drug-likeness (QED) is 0.750. The van der Waals surface area contributed by atoms with Gasteiger partial charge < -0.3 is 14.5 Å². The molecule has 0 radical (unpaired) electrons. The molecule has 6 nitrogen and oxygen atoms in total. The average molecular weight is 364 g/mol. The topological polar surface area (TPSA) is 53.1 Å². The minimum atomic E-state index is -0.130. The molecular weight excluding hydrogens is 330 g/mol. The van der Waals surface area contributed by atoms with Gasteiger partial charge in [0, 0.05) is 50.7 Å². The number of nitrogens with zero attached hydrogens (tertiary/aromatic N) is 3. The number of hydrogen-bond donors (Lipinski definition) is 0. The van der Waals surface area contributed by atoms with Gasteiger partial charge in [-0.15, -0.1) is 0 Å². The predicted molar refractivity (Wildman–Crippen MR) is 98.6 cm³/mol. The van der Waals surface area contributed by atoms with E-state index in [1.54, 1.807) is 0 Å². The highest BCUT2D eigenvalue weighted by Crippen LogP contribution is 2.54. The zero-order valence-electron chi connectivity index (χ0n) is 16.4. The summed E-state index contributed by atoms with van der Waals surface area (Å²) in [7, 11) is 0. The van der Waals surface area contributed by atoms with Crippen LogP contribution in [0.3, 0.4) is 0 Å². The van der Waals surface area contributed by atoms with Crippen molar-refractivity contribution in [2.24, 2.45) is 23.7 Å². The zero-order chi connectivity index (χ0) is 18.4. The van der Waals surface area contributed by atoms with Crippen molar-refractivity contribution in [2.45, 2.75) is 52.1 Å². The van der Waals surface area contributed by atoms with E-state index in [2.05, 4.69) is 18.7 Å². The van der Waals surface area contributed by atoms with E-state index in [0.717, 1.165) is 45.6 Å². The van der Waals surface area contributed by atoms with Gasteiger partial charge in [-0.2, -0.15) is 0 Å². The first-order chi connectivity index (χ1) is 12.6. The van der Waals surface area contributed by atoms with Crippen molar-refractivity contribution >= 4 is 12.0 Å². The Bertz CT molecular complexity index is 553. The van der Waals surface area contributed by atoms with Gasteiger partial charge in [-0.3, -0.25) is 9.69 Å². The van der Waals surface area contributed by atoms with Crippen molar-refractivity contribution in [2.75, 3.05) is 39.3 Å². The van der Waals surface area contributed by atoms with Crippen LogP contribution in [-0.2, 0) is 9.53 Å². The Kier molecular flexibility index (Phi) is 4.88. The molecule has 0 aromatic heterocycles. The molecule has 4 fully saturated rings. The lowest BCUT2D eigenvalue weighted by Gasteiger charge is -2.36. The van der Waals surface area contributed by atoms with E-state index in [-0.39, 0.29) is 12.0 Å². The molecule has 2 heterocycles. The molecule has 5 unspecified atom stereocenters. The highest BCUT2D eigenvalue weighted by Gasteiger charge is 2.61. The predicted octanol–water partition coefficient (Wildman–Crippen LogP) is 2.04. The molecule has 26 heavy (non-hydrogen) atoms. The normalized spacial score (nSPS) is 38.2. The van der Waals surface area contributed by atoms with Crippen LogP contribution in [0.15, 0.2) is 0 Å². The van der Waals surface area contributed by atoms with Crippen LogP contribution in [0, 0.1) is 23.7 Å². The van der Waals surface area contributed by atoms with Crippen molar-refractivity contribution in [3.8, 4) is 0 Å². The van der Waals surface area contributed by atoms with Gasteiger partial charge in [-0.25, -0.2) is 4.79 Å². The first kappa shape index (κ1) is 18.1.